The summed E-state index contributed by atoms with van der Waals surface area (Å²) >= 11 is 0. The summed E-state index contributed by atoms with van der Waals surface area (Å²) in [5.41, 5.74) is 0. The van der Waals surface area contributed by atoms with E-state index in [-0.39, 0.29) is 11.8 Å². The number of imide groups is 1. The summed E-state index contributed by atoms with van der Waals surface area (Å²) in [5.74, 6) is 0.0932. The van der Waals surface area contributed by atoms with E-state index >= 15 is 0 Å². The Kier molecular flexibility index (Phi) is 5.37. The van der Waals surface area contributed by atoms with Crippen LogP contribution in [0.5, 0.6) is 0 Å². The van der Waals surface area contributed by atoms with Gasteiger partial charge in [-0.05, 0) is 19.3 Å². The molecule has 1 aliphatic rings. The average Bonchev–Trinajstić information content (AvgIpc) is 2.40. The average molecular weight is 255 g/mol. The lowest BCUT2D eigenvalue weighted by atomic mass is 10.2. The van der Waals surface area contributed by atoms with Crippen molar-refractivity contribution < 1.29 is 9.59 Å². The van der Waals surface area contributed by atoms with Crippen LogP contribution in [0.3, 0.4) is 0 Å². The molecular formula is C13H25NO2Si. The molecule has 1 aliphatic heterocycles. The number of carbonyl (C=O) groups excluding carboxylic acids is 2. The highest BCUT2D eigenvalue weighted by Gasteiger charge is 2.23. The van der Waals surface area contributed by atoms with Gasteiger partial charge in [0.1, 0.15) is 0 Å². The zero-order valence-electron chi connectivity index (χ0n) is 11.4. The van der Waals surface area contributed by atoms with Crippen LogP contribution in [0.15, 0.2) is 0 Å². The van der Waals surface area contributed by atoms with E-state index in [1.54, 1.807) is 0 Å². The lowest BCUT2D eigenvalue weighted by molar-refractivity contribution is -0.144. The first-order valence-corrected chi connectivity index (χ1v) is 10.4. The van der Waals surface area contributed by atoms with E-state index in [2.05, 4.69) is 19.6 Å². The van der Waals surface area contributed by atoms with Gasteiger partial charge >= 0.3 is 0 Å². The molecular weight excluding hydrogens is 230 g/mol. The second kappa shape index (κ2) is 6.33. The summed E-state index contributed by atoms with van der Waals surface area (Å²) in [6, 6.07) is 1.17. The standard InChI is InChI=1S/C13H25NO2Si/c1-17(2,3)11-7-9-13(16)14-10-6-4-5-8-12(14)15/h4-11H2,1-3H3. The second-order valence-electron chi connectivity index (χ2n) is 6.16. The molecule has 0 aromatic carbocycles. The molecule has 17 heavy (non-hydrogen) atoms. The van der Waals surface area contributed by atoms with Crippen molar-refractivity contribution in [2.24, 2.45) is 0 Å². The maximum absolute atomic E-state index is 12.0. The van der Waals surface area contributed by atoms with Gasteiger partial charge in [0.05, 0.1) is 0 Å². The molecule has 0 spiro atoms. The molecule has 0 unspecified atom stereocenters. The van der Waals surface area contributed by atoms with E-state index in [4.69, 9.17) is 0 Å². The fourth-order valence-electron chi connectivity index (χ4n) is 2.15. The first-order valence-electron chi connectivity index (χ1n) is 6.73. The largest absolute Gasteiger partial charge is 0.283 e. The normalized spacial score (nSPS) is 18.1. The molecule has 0 aromatic heterocycles. The number of hydrogen-bond acceptors (Lipinski definition) is 2. The van der Waals surface area contributed by atoms with Crippen molar-refractivity contribution in [1.29, 1.82) is 0 Å². The summed E-state index contributed by atoms with van der Waals surface area (Å²) in [6.45, 7) is 7.59. The molecule has 0 aromatic rings. The van der Waals surface area contributed by atoms with Gasteiger partial charge in [-0.2, -0.15) is 0 Å². The Balaban J connectivity index is 2.38. The lowest BCUT2D eigenvalue weighted by Crippen LogP contribution is -2.36. The predicted octanol–water partition coefficient (Wildman–Crippen LogP) is 3.03. The van der Waals surface area contributed by atoms with Crippen molar-refractivity contribution in [3.63, 3.8) is 0 Å². The number of rotatable bonds is 4. The van der Waals surface area contributed by atoms with Crippen molar-refractivity contribution in [2.75, 3.05) is 6.54 Å². The molecule has 0 saturated carbocycles. The maximum atomic E-state index is 12.0. The zero-order valence-corrected chi connectivity index (χ0v) is 12.4. The molecule has 0 atom stereocenters. The van der Waals surface area contributed by atoms with Gasteiger partial charge in [-0.15, -0.1) is 0 Å². The SMILES string of the molecule is C[Si](C)(C)CCCC(=O)N1CCCCCC1=O. The minimum absolute atomic E-state index is 0.0421. The zero-order chi connectivity index (χ0) is 12.9. The fraction of sp³-hybridized carbons (Fsp3) is 0.846. The van der Waals surface area contributed by atoms with E-state index in [1.807, 2.05) is 0 Å². The van der Waals surface area contributed by atoms with Crippen LogP contribution in [0.2, 0.25) is 25.7 Å². The summed E-state index contributed by atoms with van der Waals surface area (Å²) in [5, 5.41) is 0. The van der Waals surface area contributed by atoms with Gasteiger partial charge in [-0.25, -0.2) is 0 Å². The molecule has 1 heterocycles. The van der Waals surface area contributed by atoms with Crippen molar-refractivity contribution in [2.45, 2.75) is 64.2 Å². The molecule has 1 rings (SSSR count). The number of amides is 2. The van der Waals surface area contributed by atoms with E-state index in [9.17, 15) is 9.59 Å². The summed E-state index contributed by atoms with van der Waals surface area (Å²) in [6.07, 6.45) is 5.04. The van der Waals surface area contributed by atoms with Gasteiger partial charge in [0, 0.05) is 27.5 Å². The summed E-state index contributed by atoms with van der Waals surface area (Å²) in [7, 11) is -1.06. The second-order valence-corrected chi connectivity index (χ2v) is 11.8. The van der Waals surface area contributed by atoms with Gasteiger partial charge in [-0.1, -0.05) is 32.1 Å². The van der Waals surface area contributed by atoms with Crippen molar-refractivity contribution >= 4 is 19.9 Å². The minimum Gasteiger partial charge on any atom is -0.283 e. The number of likely N-dealkylation sites (tertiary alicyclic amines) is 1. The number of carbonyl (C=O) groups is 2. The van der Waals surface area contributed by atoms with Crippen LogP contribution in [0.25, 0.3) is 0 Å². The molecule has 1 fully saturated rings. The highest BCUT2D eigenvalue weighted by atomic mass is 28.3. The molecule has 2 amide bonds. The van der Waals surface area contributed by atoms with Crippen LogP contribution < -0.4 is 0 Å². The van der Waals surface area contributed by atoms with Gasteiger partial charge in [0.25, 0.3) is 0 Å². The van der Waals surface area contributed by atoms with Crippen molar-refractivity contribution in [3.05, 3.63) is 0 Å². The van der Waals surface area contributed by atoms with Crippen LogP contribution in [-0.4, -0.2) is 31.3 Å². The predicted molar refractivity (Wildman–Crippen MR) is 72.6 cm³/mol. The van der Waals surface area contributed by atoms with Crippen molar-refractivity contribution in [1.82, 2.24) is 4.90 Å². The summed E-state index contributed by atoms with van der Waals surface area (Å²) < 4.78 is 0. The van der Waals surface area contributed by atoms with Gasteiger partial charge in [0.15, 0.2) is 0 Å². The highest BCUT2D eigenvalue weighted by molar-refractivity contribution is 6.76. The van der Waals surface area contributed by atoms with Gasteiger partial charge < -0.3 is 0 Å². The van der Waals surface area contributed by atoms with Crippen LogP contribution in [0.1, 0.15) is 38.5 Å². The number of nitrogens with zero attached hydrogens (tertiary/aromatic N) is 1. The minimum atomic E-state index is -1.06. The first-order chi connectivity index (χ1) is 7.90. The molecule has 0 bridgehead atoms. The van der Waals surface area contributed by atoms with E-state index in [0.717, 1.165) is 25.7 Å². The molecule has 1 saturated heterocycles. The molecule has 0 aliphatic carbocycles. The first kappa shape index (κ1) is 14.4. The van der Waals surface area contributed by atoms with E-state index in [0.29, 0.717) is 19.4 Å². The Hall–Kier alpha value is -0.643. The Labute approximate surface area is 106 Å². The van der Waals surface area contributed by atoms with Gasteiger partial charge in [0.2, 0.25) is 11.8 Å². The molecule has 0 N–H and O–H groups in total. The highest BCUT2D eigenvalue weighted by Crippen LogP contribution is 2.16. The molecule has 98 valence electrons. The third kappa shape index (κ3) is 5.48. The Morgan fingerprint density at radius 3 is 2.59 bits per heavy atom. The van der Waals surface area contributed by atoms with Crippen molar-refractivity contribution in [3.8, 4) is 0 Å². The van der Waals surface area contributed by atoms with Crippen LogP contribution in [-0.2, 0) is 9.59 Å². The monoisotopic (exact) mass is 255 g/mol. The van der Waals surface area contributed by atoms with Crippen LogP contribution >= 0.6 is 0 Å². The van der Waals surface area contributed by atoms with Crippen LogP contribution in [0.4, 0.5) is 0 Å². The van der Waals surface area contributed by atoms with Gasteiger partial charge in [-0.3, -0.25) is 14.5 Å². The molecule has 3 nitrogen and oxygen atoms in total. The maximum Gasteiger partial charge on any atom is 0.229 e. The Morgan fingerprint density at radius 1 is 1.24 bits per heavy atom. The molecule has 0 radical (unpaired) electrons. The third-order valence-corrected chi connectivity index (χ3v) is 5.05. The third-order valence-electron chi connectivity index (χ3n) is 3.19. The quantitative estimate of drug-likeness (QED) is 0.724. The smallest absolute Gasteiger partial charge is 0.229 e. The Morgan fingerprint density at radius 2 is 1.94 bits per heavy atom. The van der Waals surface area contributed by atoms with Crippen LogP contribution in [0, 0.1) is 0 Å². The Bertz CT molecular complexity index is 284. The lowest BCUT2D eigenvalue weighted by Gasteiger charge is -2.20. The molecule has 4 heteroatoms. The number of hydrogen-bond donors (Lipinski definition) is 0. The summed E-state index contributed by atoms with van der Waals surface area (Å²) in [4.78, 5) is 25.2. The fourth-order valence-corrected chi connectivity index (χ4v) is 3.39. The topological polar surface area (TPSA) is 37.4 Å². The van der Waals surface area contributed by atoms with E-state index < -0.39 is 8.07 Å². The van der Waals surface area contributed by atoms with E-state index in [1.165, 1.54) is 10.9 Å².